The zero-order valence-electron chi connectivity index (χ0n) is 16.0. The van der Waals surface area contributed by atoms with Crippen LogP contribution in [0.5, 0.6) is 0 Å². The summed E-state index contributed by atoms with van der Waals surface area (Å²) in [5, 5.41) is 4.52. The summed E-state index contributed by atoms with van der Waals surface area (Å²) < 4.78 is 0. The molecule has 2 aliphatic carbocycles. The largest absolute Gasteiger partial charge is 0.313 e. The molecule has 0 saturated heterocycles. The first-order valence-corrected chi connectivity index (χ1v) is 10.9. The molecule has 0 bridgehead atoms. The van der Waals surface area contributed by atoms with E-state index in [1.807, 2.05) is 0 Å². The standard InChI is InChI=1S/C23H34ClN.ClH/c24-23-18-20(13-14-22(23)21-11-5-2-6-12-21)10-7-16-25-17-15-19-8-3-1-4-9-19;/h7,10,13-14,18-19,21,25H,1-6,8-9,11-12,15-17H2;1H. The molecule has 3 heteroatoms. The van der Waals surface area contributed by atoms with E-state index in [0.717, 1.165) is 24.0 Å². The molecule has 26 heavy (non-hydrogen) atoms. The van der Waals surface area contributed by atoms with Gasteiger partial charge < -0.3 is 5.32 Å². The van der Waals surface area contributed by atoms with Crippen molar-refractivity contribution in [2.45, 2.75) is 76.5 Å². The maximum atomic E-state index is 6.56. The van der Waals surface area contributed by atoms with Gasteiger partial charge >= 0.3 is 0 Å². The highest BCUT2D eigenvalue weighted by molar-refractivity contribution is 6.31. The van der Waals surface area contributed by atoms with Gasteiger partial charge in [0.1, 0.15) is 0 Å². The number of halogens is 2. The fourth-order valence-corrected chi connectivity index (χ4v) is 4.90. The molecule has 1 aromatic carbocycles. The minimum Gasteiger partial charge on any atom is -0.313 e. The Balaban J connectivity index is 0.00000243. The van der Waals surface area contributed by atoms with E-state index in [0.29, 0.717) is 5.92 Å². The van der Waals surface area contributed by atoms with E-state index in [1.165, 1.54) is 81.8 Å². The molecule has 0 aromatic heterocycles. The molecule has 146 valence electrons. The van der Waals surface area contributed by atoms with E-state index in [2.05, 4.69) is 35.7 Å². The third-order valence-corrected chi connectivity index (χ3v) is 6.42. The van der Waals surface area contributed by atoms with Crippen LogP contribution in [0, 0.1) is 5.92 Å². The third kappa shape index (κ3) is 6.91. The van der Waals surface area contributed by atoms with Crippen molar-refractivity contribution in [3.63, 3.8) is 0 Å². The summed E-state index contributed by atoms with van der Waals surface area (Å²) in [6, 6.07) is 6.63. The second-order valence-electron chi connectivity index (χ2n) is 8.02. The summed E-state index contributed by atoms with van der Waals surface area (Å²) in [6.45, 7) is 2.10. The maximum absolute atomic E-state index is 6.56. The van der Waals surface area contributed by atoms with Gasteiger partial charge in [0.15, 0.2) is 0 Å². The lowest BCUT2D eigenvalue weighted by Crippen LogP contribution is -2.19. The highest BCUT2D eigenvalue weighted by atomic mass is 35.5. The average molecular weight is 396 g/mol. The van der Waals surface area contributed by atoms with Gasteiger partial charge in [0.2, 0.25) is 0 Å². The van der Waals surface area contributed by atoms with Crippen LogP contribution in [0.1, 0.15) is 87.7 Å². The minimum absolute atomic E-state index is 0. The van der Waals surface area contributed by atoms with Crippen LogP contribution in [0.3, 0.4) is 0 Å². The van der Waals surface area contributed by atoms with Crippen molar-refractivity contribution in [2.24, 2.45) is 5.92 Å². The van der Waals surface area contributed by atoms with Gasteiger partial charge in [0.25, 0.3) is 0 Å². The lowest BCUT2D eigenvalue weighted by molar-refractivity contribution is 0.335. The molecule has 0 atom stereocenters. The first kappa shape index (κ1) is 21.8. The smallest absolute Gasteiger partial charge is 0.0446 e. The Morgan fingerprint density at radius 1 is 0.962 bits per heavy atom. The Kier molecular flexibility index (Phi) is 10.1. The summed E-state index contributed by atoms with van der Waals surface area (Å²) in [5.41, 5.74) is 2.59. The van der Waals surface area contributed by atoms with E-state index in [9.17, 15) is 0 Å². The topological polar surface area (TPSA) is 12.0 Å². The molecule has 2 fully saturated rings. The van der Waals surface area contributed by atoms with Crippen molar-refractivity contribution in [1.29, 1.82) is 0 Å². The molecule has 0 heterocycles. The molecule has 0 spiro atoms. The summed E-state index contributed by atoms with van der Waals surface area (Å²) >= 11 is 6.56. The van der Waals surface area contributed by atoms with Gasteiger partial charge in [-0.05, 0) is 54.8 Å². The predicted molar refractivity (Wildman–Crippen MR) is 118 cm³/mol. The molecule has 0 unspecified atom stereocenters. The second kappa shape index (κ2) is 12.1. The van der Waals surface area contributed by atoms with Crippen LogP contribution in [0.25, 0.3) is 6.08 Å². The van der Waals surface area contributed by atoms with Crippen LogP contribution in [-0.2, 0) is 0 Å². The SMILES string of the molecule is Cl.Clc1cc(C=CCNCCC2CCCCC2)ccc1C1CCCCC1. The first-order valence-electron chi connectivity index (χ1n) is 10.5. The summed E-state index contributed by atoms with van der Waals surface area (Å²) in [5.74, 6) is 1.65. The number of hydrogen-bond acceptors (Lipinski definition) is 1. The zero-order chi connectivity index (χ0) is 17.3. The Morgan fingerprint density at radius 3 is 2.35 bits per heavy atom. The van der Waals surface area contributed by atoms with E-state index in [1.54, 1.807) is 0 Å². The molecule has 2 saturated carbocycles. The predicted octanol–water partition coefficient (Wildman–Crippen LogP) is 7.38. The molecule has 1 nitrogen and oxygen atoms in total. The fraction of sp³-hybridized carbons (Fsp3) is 0.652. The van der Waals surface area contributed by atoms with E-state index < -0.39 is 0 Å². The maximum Gasteiger partial charge on any atom is 0.0446 e. The average Bonchev–Trinajstić information content (AvgIpc) is 2.66. The number of benzene rings is 1. The molecule has 1 aromatic rings. The Labute approximate surface area is 171 Å². The van der Waals surface area contributed by atoms with Gasteiger partial charge in [0.05, 0.1) is 0 Å². The summed E-state index contributed by atoms with van der Waals surface area (Å²) in [7, 11) is 0. The monoisotopic (exact) mass is 395 g/mol. The van der Waals surface area contributed by atoms with Crippen LogP contribution in [-0.4, -0.2) is 13.1 Å². The quantitative estimate of drug-likeness (QED) is 0.474. The van der Waals surface area contributed by atoms with Gasteiger partial charge in [-0.3, -0.25) is 0 Å². The summed E-state index contributed by atoms with van der Waals surface area (Å²) in [6.07, 6.45) is 19.7. The lowest BCUT2D eigenvalue weighted by atomic mass is 9.84. The second-order valence-corrected chi connectivity index (χ2v) is 8.42. The summed E-state index contributed by atoms with van der Waals surface area (Å²) in [4.78, 5) is 0. The molecule has 1 N–H and O–H groups in total. The minimum atomic E-state index is 0. The molecule has 3 rings (SSSR count). The molecular formula is C23H35Cl2N. The molecule has 0 amide bonds. The van der Waals surface area contributed by atoms with Gasteiger partial charge in [-0.25, -0.2) is 0 Å². The van der Waals surface area contributed by atoms with Gasteiger partial charge in [0, 0.05) is 11.6 Å². The van der Waals surface area contributed by atoms with Crippen molar-refractivity contribution in [3.05, 3.63) is 40.4 Å². The van der Waals surface area contributed by atoms with Crippen molar-refractivity contribution in [2.75, 3.05) is 13.1 Å². The van der Waals surface area contributed by atoms with Gasteiger partial charge in [-0.2, -0.15) is 0 Å². The first-order chi connectivity index (χ1) is 12.3. The lowest BCUT2D eigenvalue weighted by Gasteiger charge is -2.23. The van der Waals surface area contributed by atoms with Crippen LogP contribution >= 0.6 is 24.0 Å². The molecule has 0 radical (unpaired) electrons. The van der Waals surface area contributed by atoms with Gasteiger partial charge in [-0.15, -0.1) is 12.4 Å². The van der Waals surface area contributed by atoms with E-state index >= 15 is 0 Å². The van der Waals surface area contributed by atoms with Crippen molar-refractivity contribution in [1.82, 2.24) is 5.32 Å². The van der Waals surface area contributed by atoms with Crippen LogP contribution in [0.4, 0.5) is 0 Å². The molecular weight excluding hydrogens is 361 g/mol. The van der Waals surface area contributed by atoms with Crippen molar-refractivity contribution in [3.8, 4) is 0 Å². The van der Waals surface area contributed by atoms with Gasteiger partial charge in [-0.1, -0.05) is 87.3 Å². The highest BCUT2D eigenvalue weighted by Crippen LogP contribution is 2.36. The molecule has 0 aliphatic heterocycles. The number of nitrogens with one attached hydrogen (secondary N) is 1. The van der Waals surface area contributed by atoms with E-state index in [4.69, 9.17) is 11.6 Å². The van der Waals surface area contributed by atoms with Crippen LogP contribution in [0.2, 0.25) is 5.02 Å². The number of rotatable bonds is 7. The Bertz CT molecular complexity index is 543. The van der Waals surface area contributed by atoms with Crippen LogP contribution in [0.15, 0.2) is 24.3 Å². The highest BCUT2D eigenvalue weighted by Gasteiger charge is 2.17. The zero-order valence-corrected chi connectivity index (χ0v) is 17.6. The fourth-order valence-electron chi connectivity index (χ4n) is 4.55. The Morgan fingerprint density at radius 2 is 1.65 bits per heavy atom. The number of hydrogen-bond donors (Lipinski definition) is 1. The van der Waals surface area contributed by atoms with Crippen molar-refractivity contribution >= 4 is 30.1 Å². The Hall–Kier alpha value is -0.500. The third-order valence-electron chi connectivity index (χ3n) is 6.10. The van der Waals surface area contributed by atoms with E-state index in [-0.39, 0.29) is 12.4 Å². The van der Waals surface area contributed by atoms with Crippen LogP contribution < -0.4 is 5.32 Å². The van der Waals surface area contributed by atoms with Crippen molar-refractivity contribution < 1.29 is 0 Å². The normalized spacial score (nSPS) is 19.6. The molecule has 2 aliphatic rings.